The summed E-state index contributed by atoms with van der Waals surface area (Å²) in [5, 5.41) is 0. The van der Waals surface area contributed by atoms with E-state index in [0.717, 1.165) is 11.0 Å². The maximum absolute atomic E-state index is 11.4. The van der Waals surface area contributed by atoms with Crippen molar-refractivity contribution in [1.29, 1.82) is 0 Å². The Hall–Kier alpha value is -1.65. The molecule has 15 heavy (non-hydrogen) atoms. The van der Waals surface area contributed by atoms with Crippen molar-refractivity contribution in [1.82, 2.24) is 4.90 Å². The molecule has 1 aliphatic rings. The van der Waals surface area contributed by atoms with Gasteiger partial charge in [-0.1, -0.05) is 13.5 Å². The van der Waals surface area contributed by atoms with Crippen LogP contribution < -0.4 is 0 Å². The van der Waals surface area contributed by atoms with Gasteiger partial charge in [0.2, 0.25) is 11.8 Å². The number of carbonyl (C=O) groups excluding carboxylic acids is 3. The van der Waals surface area contributed by atoms with E-state index in [-0.39, 0.29) is 37.3 Å². The zero-order valence-corrected chi connectivity index (χ0v) is 8.56. The number of amides is 2. The van der Waals surface area contributed by atoms with E-state index in [1.54, 1.807) is 6.92 Å². The SMILES string of the molecule is C=CC(=O)OCCN1C(=O)CC(C)C1=O. The van der Waals surface area contributed by atoms with Crippen LogP contribution in [0, 0.1) is 5.92 Å². The first-order chi connectivity index (χ1) is 7.06. The molecule has 5 nitrogen and oxygen atoms in total. The molecular weight excluding hydrogens is 198 g/mol. The summed E-state index contributed by atoms with van der Waals surface area (Å²) in [6.07, 6.45) is 1.28. The van der Waals surface area contributed by atoms with Crippen LogP contribution >= 0.6 is 0 Å². The Balaban J connectivity index is 2.39. The highest BCUT2D eigenvalue weighted by molar-refractivity contribution is 6.03. The smallest absolute Gasteiger partial charge is 0.330 e. The first-order valence-corrected chi connectivity index (χ1v) is 4.69. The van der Waals surface area contributed by atoms with Crippen molar-refractivity contribution in [2.75, 3.05) is 13.2 Å². The maximum Gasteiger partial charge on any atom is 0.330 e. The van der Waals surface area contributed by atoms with Crippen molar-refractivity contribution in [3.05, 3.63) is 12.7 Å². The molecule has 0 aromatic heterocycles. The zero-order chi connectivity index (χ0) is 11.4. The molecule has 0 saturated carbocycles. The minimum absolute atomic E-state index is 0.0229. The number of nitrogens with zero attached hydrogens (tertiary/aromatic N) is 1. The van der Waals surface area contributed by atoms with E-state index in [1.807, 2.05) is 0 Å². The van der Waals surface area contributed by atoms with Gasteiger partial charge in [-0.25, -0.2) is 4.79 Å². The maximum atomic E-state index is 11.4. The molecule has 0 aromatic rings. The van der Waals surface area contributed by atoms with Gasteiger partial charge in [0.05, 0.1) is 6.54 Å². The van der Waals surface area contributed by atoms with E-state index in [4.69, 9.17) is 0 Å². The summed E-state index contributed by atoms with van der Waals surface area (Å²) in [5.41, 5.74) is 0. The van der Waals surface area contributed by atoms with Gasteiger partial charge < -0.3 is 4.74 Å². The molecule has 1 atom stereocenters. The van der Waals surface area contributed by atoms with Gasteiger partial charge in [0.25, 0.3) is 0 Å². The van der Waals surface area contributed by atoms with Crippen molar-refractivity contribution in [3.8, 4) is 0 Å². The van der Waals surface area contributed by atoms with Crippen LogP contribution in [0.1, 0.15) is 13.3 Å². The van der Waals surface area contributed by atoms with Gasteiger partial charge in [-0.15, -0.1) is 0 Å². The zero-order valence-electron chi connectivity index (χ0n) is 8.56. The molecule has 0 spiro atoms. The number of carbonyl (C=O) groups is 3. The van der Waals surface area contributed by atoms with Crippen LogP contribution in [0.25, 0.3) is 0 Å². The minimum Gasteiger partial charge on any atom is -0.461 e. The van der Waals surface area contributed by atoms with Crippen molar-refractivity contribution in [3.63, 3.8) is 0 Å². The van der Waals surface area contributed by atoms with Crippen LogP contribution in [0.4, 0.5) is 0 Å². The fourth-order valence-electron chi connectivity index (χ4n) is 1.38. The summed E-state index contributed by atoms with van der Waals surface area (Å²) in [6.45, 7) is 5.08. The molecule has 1 aliphatic heterocycles. The number of hydrogen-bond donors (Lipinski definition) is 0. The van der Waals surface area contributed by atoms with Crippen molar-refractivity contribution in [2.24, 2.45) is 5.92 Å². The Labute approximate surface area is 87.7 Å². The van der Waals surface area contributed by atoms with Crippen LogP contribution in [0.5, 0.6) is 0 Å². The first-order valence-electron chi connectivity index (χ1n) is 4.69. The lowest BCUT2D eigenvalue weighted by atomic mass is 10.1. The van der Waals surface area contributed by atoms with Gasteiger partial charge in [0.1, 0.15) is 6.61 Å². The highest BCUT2D eigenvalue weighted by Crippen LogP contribution is 2.17. The summed E-state index contributed by atoms with van der Waals surface area (Å²) in [6, 6.07) is 0. The molecular formula is C10H13NO4. The third-order valence-electron chi connectivity index (χ3n) is 2.20. The molecule has 0 bridgehead atoms. The summed E-state index contributed by atoms with van der Waals surface area (Å²) >= 11 is 0. The molecule has 1 fully saturated rings. The molecule has 5 heteroatoms. The summed E-state index contributed by atoms with van der Waals surface area (Å²) in [5.74, 6) is -1.22. The molecule has 82 valence electrons. The van der Waals surface area contributed by atoms with Gasteiger partial charge in [-0.3, -0.25) is 14.5 Å². The Bertz CT molecular complexity index is 311. The number of rotatable bonds is 4. The van der Waals surface area contributed by atoms with E-state index in [9.17, 15) is 14.4 Å². The lowest BCUT2D eigenvalue weighted by Crippen LogP contribution is -2.33. The Kier molecular flexibility index (Phi) is 3.60. The number of ether oxygens (including phenoxy) is 1. The van der Waals surface area contributed by atoms with E-state index in [0.29, 0.717) is 0 Å². The second-order valence-electron chi connectivity index (χ2n) is 3.36. The van der Waals surface area contributed by atoms with Crippen LogP contribution in [0.3, 0.4) is 0 Å². The summed E-state index contributed by atoms with van der Waals surface area (Å²) in [4.78, 5) is 34.5. The van der Waals surface area contributed by atoms with Crippen molar-refractivity contribution < 1.29 is 19.1 Å². The number of likely N-dealkylation sites (tertiary alicyclic amines) is 1. The Morgan fingerprint density at radius 1 is 1.67 bits per heavy atom. The molecule has 0 aromatic carbocycles. The van der Waals surface area contributed by atoms with E-state index >= 15 is 0 Å². The monoisotopic (exact) mass is 211 g/mol. The predicted octanol–water partition coefficient (Wildman–Crippen LogP) is 0.111. The third-order valence-corrected chi connectivity index (χ3v) is 2.20. The molecule has 0 radical (unpaired) electrons. The van der Waals surface area contributed by atoms with Crippen LogP contribution in [-0.4, -0.2) is 35.8 Å². The highest BCUT2D eigenvalue weighted by atomic mass is 16.5. The normalized spacial score (nSPS) is 20.6. The van der Waals surface area contributed by atoms with Gasteiger partial charge in [0, 0.05) is 18.4 Å². The van der Waals surface area contributed by atoms with Crippen LogP contribution in [0.2, 0.25) is 0 Å². The molecule has 1 saturated heterocycles. The molecule has 2 amide bonds. The topological polar surface area (TPSA) is 63.7 Å². The van der Waals surface area contributed by atoms with Gasteiger partial charge in [-0.2, -0.15) is 0 Å². The van der Waals surface area contributed by atoms with Crippen molar-refractivity contribution >= 4 is 17.8 Å². The van der Waals surface area contributed by atoms with Crippen molar-refractivity contribution in [2.45, 2.75) is 13.3 Å². The van der Waals surface area contributed by atoms with Gasteiger partial charge in [-0.05, 0) is 0 Å². The van der Waals surface area contributed by atoms with Gasteiger partial charge >= 0.3 is 5.97 Å². The molecule has 1 unspecified atom stereocenters. The summed E-state index contributed by atoms with van der Waals surface area (Å²) in [7, 11) is 0. The second-order valence-corrected chi connectivity index (χ2v) is 3.36. The quantitative estimate of drug-likeness (QED) is 0.376. The highest BCUT2D eigenvalue weighted by Gasteiger charge is 2.35. The fourth-order valence-corrected chi connectivity index (χ4v) is 1.38. The fraction of sp³-hybridized carbons (Fsp3) is 0.500. The number of imide groups is 1. The molecule has 0 aliphatic carbocycles. The predicted molar refractivity (Wildman–Crippen MR) is 51.7 cm³/mol. The molecule has 0 N–H and O–H groups in total. The van der Waals surface area contributed by atoms with Gasteiger partial charge in [0.15, 0.2) is 0 Å². The largest absolute Gasteiger partial charge is 0.461 e. The van der Waals surface area contributed by atoms with E-state index in [2.05, 4.69) is 11.3 Å². The lowest BCUT2D eigenvalue weighted by Gasteiger charge is -2.13. The Morgan fingerprint density at radius 2 is 2.33 bits per heavy atom. The Morgan fingerprint density at radius 3 is 2.80 bits per heavy atom. The second kappa shape index (κ2) is 4.72. The van der Waals surface area contributed by atoms with Crippen LogP contribution in [-0.2, 0) is 19.1 Å². The molecule has 1 rings (SSSR count). The average molecular weight is 211 g/mol. The van der Waals surface area contributed by atoms with E-state index < -0.39 is 5.97 Å². The number of hydrogen-bond acceptors (Lipinski definition) is 4. The van der Waals surface area contributed by atoms with Crippen LogP contribution in [0.15, 0.2) is 12.7 Å². The van der Waals surface area contributed by atoms with E-state index in [1.165, 1.54) is 0 Å². The third kappa shape index (κ3) is 2.65. The molecule has 1 heterocycles. The summed E-state index contributed by atoms with van der Waals surface area (Å²) < 4.78 is 4.68. The first kappa shape index (κ1) is 11.4. The lowest BCUT2D eigenvalue weighted by molar-refractivity contribution is -0.145. The average Bonchev–Trinajstić information content (AvgIpc) is 2.44. The number of esters is 1. The minimum atomic E-state index is -0.554. The standard InChI is InChI=1S/C10H13NO4/c1-3-9(13)15-5-4-11-8(12)6-7(2)10(11)14/h3,7H,1,4-6H2,2H3.